The molecule has 10 heteroatoms. The van der Waals surface area contributed by atoms with E-state index in [1.807, 2.05) is 0 Å². The molecular formula is C20H27FN6O2S. The van der Waals surface area contributed by atoms with Gasteiger partial charge in [0, 0.05) is 30.3 Å². The topological polar surface area (TPSA) is 101 Å². The van der Waals surface area contributed by atoms with Crippen molar-refractivity contribution >= 4 is 21.4 Å². The number of halogens is 1. The Hall–Kier alpha value is -2.27. The number of hydrogen-bond acceptors (Lipinski definition) is 8. The summed E-state index contributed by atoms with van der Waals surface area (Å²) >= 11 is 1.52. The SMILES string of the molecule is COc1cc(F)ccc1-c1cnc2sc(N3CCC(CO)(NCCCN)CC3)nn12. The number of aromatic nitrogens is 3. The number of nitrogens with zero attached hydrogens (tertiary/aromatic N) is 4. The van der Waals surface area contributed by atoms with Crippen molar-refractivity contribution in [3.63, 3.8) is 0 Å². The minimum absolute atomic E-state index is 0.112. The molecule has 2 aromatic heterocycles. The maximum Gasteiger partial charge on any atom is 0.214 e. The highest BCUT2D eigenvalue weighted by Gasteiger charge is 2.34. The minimum atomic E-state index is -0.351. The summed E-state index contributed by atoms with van der Waals surface area (Å²) in [5, 5.41) is 19.1. The molecule has 4 N–H and O–H groups in total. The Bertz CT molecular complexity index is 999. The number of nitrogens with one attached hydrogen (secondary N) is 1. The molecular weight excluding hydrogens is 407 g/mol. The van der Waals surface area contributed by atoms with Gasteiger partial charge in [0.05, 0.1) is 25.6 Å². The summed E-state index contributed by atoms with van der Waals surface area (Å²) in [5.41, 5.74) is 6.83. The Labute approximate surface area is 178 Å². The lowest BCUT2D eigenvalue weighted by atomic mass is 9.88. The molecule has 0 aliphatic carbocycles. The van der Waals surface area contributed by atoms with Crippen LogP contribution < -0.4 is 20.7 Å². The van der Waals surface area contributed by atoms with Gasteiger partial charge in [-0.05, 0) is 44.5 Å². The maximum atomic E-state index is 13.6. The highest BCUT2D eigenvalue weighted by atomic mass is 32.1. The summed E-state index contributed by atoms with van der Waals surface area (Å²) in [7, 11) is 1.52. The highest BCUT2D eigenvalue weighted by Crippen LogP contribution is 2.35. The molecule has 1 fully saturated rings. The number of hydrogen-bond donors (Lipinski definition) is 3. The zero-order chi connectivity index (χ0) is 21.1. The van der Waals surface area contributed by atoms with Crippen LogP contribution in [0.15, 0.2) is 24.4 Å². The first-order valence-electron chi connectivity index (χ1n) is 10.1. The third-order valence-electron chi connectivity index (χ3n) is 5.69. The van der Waals surface area contributed by atoms with E-state index in [1.165, 1.54) is 30.6 Å². The predicted molar refractivity (Wildman–Crippen MR) is 116 cm³/mol. The largest absolute Gasteiger partial charge is 0.496 e. The van der Waals surface area contributed by atoms with E-state index in [0.29, 0.717) is 12.3 Å². The van der Waals surface area contributed by atoms with Crippen LogP contribution in [0.2, 0.25) is 0 Å². The van der Waals surface area contributed by atoms with E-state index in [9.17, 15) is 9.50 Å². The van der Waals surface area contributed by atoms with Crippen LogP contribution in [0.25, 0.3) is 16.2 Å². The van der Waals surface area contributed by atoms with Crippen molar-refractivity contribution in [2.75, 3.05) is 44.8 Å². The predicted octanol–water partition coefficient (Wildman–Crippen LogP) is 1.88. The molecule has 3 aromatic rings. The third-order valence-corrected chi connectivity index (χ3v) is 6.67. The second-order valence-corrected chi connectivity index (χ2v) is 8.50. The van der Waals surface area contributed by atoms with Gasteiger partial charge in [-0.2, -0.15) is 0 Å². The second kappa shape index (κ2) is 8.84. The molecule has 0 atom stereocenters. The Kier molecular flexibility index (Phi) is 6.19. The van der Waals surface area contributed by atoms with E-state index >= 15 is 0 Å². The second-order valence-electron chi connectivity index (χ2n) is 7.56. The standard InChI is InChI=1S/C20H27FN6O2S/c1-29-17-11-14(21)3-4-15(17)16-12-23-18-27(16)25-19(30-18)26-9-5-20(13-28,6-10-26)24-8-2-7-22/h3-4,11-12,24,28H,2,5-10,13,22H2,1H3. The fourth-order valence-electron chi connectivity index (χ4n) is 3.84. The first-order valence-corrected chi connectivity index (χ1v) is 10.9. The molecule has 30 heavy (non-hydrogen) atoms. The molecule has 162 valence electrons. The van der Waals surface area contributed by atoms with Gasteiger partial charge in [0.2, 0.25) is 10.1 Å². The number of ether oxygens (including phenoxy) is 1. The van der Waals surface area contributed by atoms with Crippen molar-refractivity contribution in [2.45, 2.75) is 24.8 Å². The van der Waals surface area contributed by atoms with Crippen molar-refractivity contribution in [1.82, 2.24) is 19.9 Å². The van der Waals surface area contributed by atoms with Gasteiger partial charge in [-0.15, -0.1) is 5.10 Å². The minimum Gasteiger partial charge on any atom is -0.496 e. The molecule has 3 heterocycles. The Balaban J connectivity index is 1.53. The van der Waals surface area contributed by atoms with Gasteiger partial charge in [-0.3, -0.25) is 0 Å². The molecule has 0 spiro atoms. The lowest BCUT2D eigenvalue weighted by Crippen LogP contribution is -2.56. The quantitative estimate of drug-likeness (QED) is 0.465. The number of aliphatic hydroxyl groups excluding tert-OH is 1. The van der Waals surface area contributed by atoms with E-state index in [2.05, 4.69) is 15.2 Å². The number of rotatable bonds is 8. The summed E-state index contributed by atoms with van der Waals surface area (Å²) < 4.78 is 20.7. The average molecular weight is 435 g/mol. The fourth-order valence-corrected chi connectivity index (χ4v) is 4.77. The molecule has 0 bridgehead atoms. The van der Waals surface area contributed by atoms with E-state index in [0.717, 1.165) is 60.2 Å². The summed E-state index contributed by atoms with van der Waals surface area (Å²) in [4.78, 5) is 7.48. The monoisotopic (exact) mass is 434 g/mol. The normalized spacial score (nSPS) is 16.3. The average Bonchev–Trinajstić information content (AvgIpc) is 3.35. The Morgan fingerprint density at radius 1 is 1.37 bits per heavy atom. The Morgan fingerprint density at radius 3 is 2.87 bits per heavy atom. The summed E-state index contributed by atoms with van der Waals surface area (Å²) in [6, 6.07) is 4.44. The van der Waals surface area contributed by atoms with Gasteiger partial charge >= 0.3 is 0 Å². The van der Waals surface area contributed by atoms with E-state index in [-0.39, 0.29) is 18.0 Å². The smallest absolute Gasteiger partial charge is 0.214 e. The fraction of sp³-hybridized carbons (Fsp3) is 0.500. The highest BCUT2D eigenvalue weighted by molar-refractivity contribution is 7.20. The number of anilines is 1. The van der Waals surface area contributed by atoms with Crippen molar-refractivity contribution in [3.05, 3.63) is 30.2 Å². The van der Waals surface area contributed by atoms with E-state index in [4.69, 9.17) is 15.6 Å². The van der Waals surface area contributed by atoms with Gasteiger partial charge in [0.1, 0.15) is 11.6 Å². The van der Waals surface area contributed by atoms with Crippen LogP contribution in [0, 0.1) is 5.82 Å². The van der Waals surface area contributed by atoms with Gasteiger partial charge in [-0.1, -0.05) is 11.3 Å². The zero-order valence-corrected chi connectivity index (χ0v) is 17.8. The lowest BCUT2D eigenvalue weighted by Gasteiger charge is -2.41. The number of piperidine rings is 1. The number of benzene rings is 1. The van der Waals surface area contributed by atoms with Crippen LogP contribution >= 0.6 is 11.3 Å². The Morgan fingerprint density at radius 2 is 2.17 bits per heavy atom. The van der Waals surface area contributed by atoms with Gasteiger partial charge in [-0.25, -0.2) is 13.9 Å². The number of imidazole rings is 1. The molecule has 1 aromatic carbocycles. The molecule has 0 amide bonds. The number of methoxy groups -OCH3 is 1. The van der Waals surface area contributed by atoms with Gasteiger partial charge in [0.15, 0.2) is 0 Å². The first-order chi connectivity index (χ1) is 14.6. The molecule has 1 aliphatic rings. The number of aliphatic hydroxyl groups is 1. The van der Waals surface area contributed by atoms with E-state index < -0.39 is 0 Å². The van der Waals surface area contributed by atoms with Crippen LogP contribution in [0.1, 0.15) is 19.3 Å². The van der Waals surface area contributed by atoms with Crippen LogP contribution in [0.4, 0.5) is 9.52 Å². The van der Waals surface area contributed by atoms with Crippen LogP contribution in [-0.4, -0.2) is 65.1 Å². The van der Waals surface area contributed by atoms with Crippen molar-refractivity contribution in [1.29, 1.82) is 0 Å². The zero-order valence-electron chi connectivity index (χ0n) is 17.0. The van der Waals surface area contributed by atoms with Crippen molar-refractivity contribution in [3.8, 4) is 17.0 Å². The van der Waals surface area contributed by atoms with Crippen molar-refractivity contribution in [2.24, 2.45) is 5.73 Å². The van der Waals surface area contributed by atoms with E-state index in [1.54, 1.807) is 16.8 Å². The molecule has 0 saturated carbocycles. The van der Waals surface area contributed by atoms with Gasteiger partial charge in [0.25, 0.3) is 0 Å². The first kappa shape index (κ1) is 21.0. The number of fused-ring (bicyclic) bond motifs is 1. The maximum absolute atomic E-state index is 13.6. The van der Waals surface area contributed by atoms with Crippen LogP contribution in [0.3, 0.4) is 0 Å². The van der Waals surface area contributed by atoms with Crippen molar-refractivity contribution < 1.29 is 14.2 Å². The van der Waals surface area contributed by atoms with Crippen LogP contribution in [0.5, 0.6) is 5.75 Å². The summed E-state index contributed by atoms with van der Waals surface area (Å²) in [6.45, 7) is 3.15. The lowest BCUT2D eigenvalue weighted by molar-refractivity contribution is 0.134. The third kappa shape index (κ3) is 4.00. The molecule has 4 rings (SSSR count). The summed E-state index contributed by atoms with van der Waals surface area (Å²) in [5.74, 6) is 0.0942. The van der Waals surface area contributed by atoms with Gasteiger partial charge < -0.3 is 25.8 Å². The molecule has 0 radical (unpaired) electrons. The number of nitrogens with two attached hydrogens (primary N) is 1. The molecule has 0 unspecified atom stereocenters. The molecule has 1 saturated heterocycles. The van der Waals surface area contributed by atoms with Crippen LogP contribution in [-0.2, 0) is 0 Å². The summed E-state index contributed by atoms with van der Waals surface area (Å²) in [6.07, 6.45) is 4.28. The molecule has 8 nitrogen and oxygen atoms in total. The molecule has 1 aliphatic heterocycles.